The quantitative estimate of drug-likeness (QED) is 0.690. The molecule has 0 N–H and O–H groups in total. The lowest BCUT2D eigenvalue weighted by molar-refractivity contribution is -0.140. The van der Waals surface area contributed by atoms with Crippen LogP contribution in [0.5, 0.6) is 0 Å². The summed E-state index contributed by atoms with van der Waals surface area (Å²) in [5.74, 6) is -0.766. The van der Waals surface area contributed by atoms with Gasteiger partial charge >= 0.3 is 0 Å². The normalized spacial score (nSPS) is 26.8. The molecule has 0 radical (unpaired) electrons. The van der Waals surface area contributed by atoms with E-state index in [4.69, 9.17) is 4.74 Å². The molecular weight excluding hydrogens is 298 g/mol. The van der Waals surface area contributed by atoms with Gasteiger partial charge in [0.1, 0.15) is 5.75 Å². The number of rotatable bonds is 3. The van der Waals surface area contributed by atoms with Crippen LogP contribution in [0.4, 0.5) is 0 Å². The lowest BCUT2D eigenvalue weighted by Crippen LogP contribution is -2.51. The smallest absolute Gasteiger partial charge is 0.237 e. The Morgan fingerprint density at radius 2 is 2.12 bits per heavy atom. The number of hydrogen-bond donors (Lipinski definition) is 0. The molecule has 2 unspecified atom stereocenters. The largest absolute Gasteiger partial charge is 0.371 e. The van der Waals surface area contributed by atoms with E-state index in [1.807, 2.05) is 6.92 Å². The lowest BCUT2D eigenvalue weighted by Gasteiger charge is -2.36. The van der Waals surface area contributed by atoms with Crippen LogP contribution < -0.4 is 0 Å². The molecule has 1 rings (SSSR count). The summed E-state index contributed by atoms with van der Waals surface area (Å²) in [5, 5.41) is 0.639. The van der Waals surface area contributed by atoms with Crippen LogP contribution in [0.1, 0.15) is 6.92 Å². The molecule has 16 heavy (non-hydrogen) atoms. The number of carbonyl (C=O) groups is 1. The maximum absolute atomic E-state index is 11.7. The first-order chi connectivity index (χ1) is 7.31. The zero-order chi connectivity index (χ0) is 12.3. The Balaban J connectivity index is 2.62. The Labute approximate surface area is 104 Å². The topological polar surface area (TPSA) is 63.7 Å². The first kappa shape index (κ1) is 13.9. The van der Waals surface area contributed by atoms with Crippen molar-refractivity contribution in [2.45, 2.75) is 19.1 Å². The van der Waals surface area contributed by atoms with E-state index < -0.39 is 15.6 Å². The molecule has 1 amide bonds. The molecule has 0 bridgehead atoms. The first-order valence-electron chi connectivity index (χ1n) is 4.98. The second kappa shape index (κ2) is 5.46. The van der Waals surface area contributed by atoms with Crippen molar-refractivity contribution < 1.29 is 17.9 Å². The number of halogens is 1. The highest BCUT2D eigenvalue weighted by atomic mass is 79.9. The molecule has 0 aromatic heterocycles. The van der Waals surface area contributed by atoms with Gasteiger partial charge < -0.3 is 9.64 Å². The van der Waals surface area contributed by atoms with Gasteiger partial charge in [-0.15, -0.1) is 0 Å². The van der Waals surface area contributed by atoms with Crippen LogP contribution in [0.15, 0.2) is 0 Å². The maximum Gasteiger partial charge on any atom is 0.237 e. The predicted molar refractivity (Wildman–Crippen MR) is 64.4 cm³/mol. The summed E-state index contributed by atoms with van der Waals surface area (Å²) in [5.41, 5.74) is 0. The molecule has 7 heteroatoms. The summed E-state index contributed by atoms with van der Waals surface area (Å²) in [6, 6.07) is 0. The van der Waals surface area contributed by atoms with Crippen molar-refractivity contribution >= 4 is 31.7 Å². The van der Waals surface area contributed by atoms with Crippen molar-refractivity contribution in [1.82, 2.24) is 4.90 Å². The number of carbonyl (C=O) groups excluding carboxylic acids is 1. The Kier molecular flexibility index (Phi) is 4.75. The molecule has 0 aliphatic carbocycles. The third kappa shape index (κ3) is 4.39. The highest BCUT2D eigenvalue weighted by molar-refractivity contribution is 9.09. The molecule has 0 spiro atoms. The highest BCUT2D eigenvalue weighted by Crippen LogP contribution is 2.13. The molecule has 0 saturated carbocycles. The third-order valence-electron chi connectivity index (χ3n) is 2.24. The van der Waals surface area contributed by atoms with Gasteiger partial charge in [0.25, 0.3) is 0 Å². The van der Waals surface area contributed by atoms with Crippen molar-refractivity contribution in [3.63, 3.8) is 0 Å². The van der Waals surface area contributed by atoms with E-state index in [0.717, 1.165) is 6.26 Å². The Hall–Kier alpha value is -0.140. The highest BCUT2D eigenvalue weighted by Gasteiger charge is 2.28. The van der Waals surface area contributed by atoms with Crippen molar-refractivity contribution in [1.29, 1.82) is 0 Å². The van der Waals surface area contributed by atoms with Gasteiger partial charge in [0.2, 0.25) is 5.91 Å². The van der Waals surface area contributed by atoms with Gasteiger partial charge in [-0.25, -0.2) is 8.42 Å². The number of hydrogen-bond acceptors (Lipinski definition) is 4. The fourth-order valence-corrected chi connectivity index (χ4v) is 2.64. The van der Waals surface area contributed by atoms with Gasteiger partial charge in [-0.1, -0.05) is 15.9 Å². The summed E-state index contributed by atoms with van der Waals surface area (Å²) in [7, 11) is -3.26. The fourth-order valence-electron chi connectivity index (χ4n) is 1.65. The SMILES string of the molecule is CC1CN(C(=O)CS(C)(=O)=O)CC(CBr)O1. The second-order valence-electron chi connectivity index (χ2n) is 4.09. The van der Waals surface area contributed by atoms with Crippen LogP contribution in [-0.2, 0) is 19.4 Å². The van der Waals surface area contributed by atoms with Crippen molar-refractivity contribution in [2.24, 2.45) is 0 Å². The van der Waals surface area contributed by atoms with Crippen molar-refractivity contribution in [3.05, 3.63) is 0 Å². The van der Waals surface area contributed by atoms with Gasteiger partial charge in [0.05, 0.1) is 12.2 Å². The van der Waals surface area contributed by atoms with E-state index in [0.29, 0.717) is 18.4 Å². The van der Waals surface area contributed by atoms with E-state index in [9.17, 15) is 13.2 Å². The zero-order valence-electron chi connectivity index (χ0n) is 9.35. The molecular formula is C9H16BrNO4S. The van der Waals surface area contributed by atoms with Crippen molar-refractivity contribution in [3.8, 4) is 0 Å². The zero-order valence-corrected chi connectivity index (χ0v) is 11.8. The minimum Gasteiger partial charge on any atom is -0.371 e. The Morgan fingerprint density at radius 1 is 1.50 bits per heavy atom. The fraction of sp³-hybridized carbons (Fsp3) is 0.889. The van der Waals surface area contributed by atoms with Crippen LogP contribution in [0.25, 0.3) is 0 Å². The first-order valence-corrected chi connectivity index (χ1v) is 8.17. The Morgan fingerprint density at radius 3 is 2.62 bits per heavy atom. The number of morpholine rings is 1. The van der Waals surface area contributed by atoms with Gasteiger partial charge in [0.15, 0.2) is 9.84 Å². The average molecular weight is 314 g/mol. The van der Waals surface area contributed by atoms with Crippen LogP contribution >= 0.6 is 15.9 Å². The maximum atomic E-state index is 11.7. The van der Waals surface area contributed by atoms with Gasteiger partial charge in [-0.05, 0) is 6.92 Å². The summed E-state index contributed by atoms with van der Waals surface area (Å²) in [6.07, 6.45) is 0.948. The minimum atomic E-state index is -3.26. The summed E-state index contributed by atoms with van der Waals surface area (Å²) in [6.45, 7) is 2.78. The van der Waals surface area contributed by atoms with E-state index in [2.05, 4.69) is 15.9 Å². The number of ether oxygens (including phenoxy) is 1. The van der Waals surface area contributed by atoms with E-state index in [1.54, 1.807) is 4.90 Å². The molecule has 1 aliphatic heterocycles. The standard InChI is InChI=1S/C9H16BrNO4S/c1-7-4-11(5-8(3-10)15-7)9(12)6-16(2,13)14/h7-8H,3-6H2,1-2H3. The van der Waals surface area contributed by atoms with Gasteiger partial charge in [0, 0.05) is 24.7 Å². The molecule has 5 nitrogen and oxygen atoms in total. The van der Waals surface area contributed by atoms with E-state index in [-0.39, 0.29) is 18.1 Å². The van der Waals surface area contributed by atoms with Crippen LogP contribution in [0.3, 0.4) is 0 Å². The molecule has 94 valence electrons. The molecule has 2 atom stereocenters. The lowest BCUT2D eigenvalue weighted by atomic mass is 10.2. The van der Waals surface area contributed by atoms with Gasteiger partial charge in [-0.2, -0.15) is 0 Å². The summed E-state index contributed by atoms with van der Waals surface area (Å²) in [4.78, 5) is 13.3. The number of nitrogens with zero attached hydrogens (tertiary/aromatic N) is 1. The summed E-state index contributed by atoms with van der Waals surface area (Å²) >= 11 is 3.30. The monoisotopic (exact) mass is 313 g/mol. The predicted octanol–water partition coefficient (Wildman–Crippen LogP) is 0.0418. The molecule has 0 aromatic carbocycles. The van der Waals surface area contributed by atoms with Crippen LogP contribution in [-0.4, -0.2) is 61.9 Å². The number of amides is 1. The molecule has 1 fully saturated rings. The average Bonchev–Trinajstić information content (AvgIpc) is 2.14. The summed E-state index contributed by atoms with van der Waals surface area (Å²) < 4.78 is 27.6. The molecule has 1 saturated heterocycles. The third-order valence-corrected chi connectivity index (χ3v) is 3.73. The molecule has 1 heterocycles. The molecule has 0 aromatic rings. The van der Waals surface area contributed by atoms with Gasteiger partial charge in [-0.3, -0.25) is 4.79 Å². The second-order valence-corrected chi connectivity index (χ2v) is 6.88. The number of alkyl halides is 1. The molecule has 1 aliphatic rings. The van der Waals surface area contributed by atoms with E-state index in [1.165, 1.54) is 0 Å². The van der Waals surface area contributed by atoms with Crippen molar-refractivity contribution in [2.75, 3.05) is 30.4 Å². The Bertz CT molecular complexity index is 357. The van der Waals surface area contributed by atoms with E-state index >= 15 is 0 Å². The number of sulfone groups is 1. The van der Waals surface area contributed by atoms with Crippen LogP contribution in [0, 0.1) is 0 Å². The van der Waals surface area contributed by atoms with Crippen LogP contribution in [0.2, 0.25) is 0 Å². The minimum absolute atomic E-state index is 0.0557.